The zero-order valence-electron chi connectivity index (χ0n) is 45.6. The van der Waals surface area contributed by atoms with E-state index in [9.17, 15) is 0 Å². The lowest BCUT2D eigenvalue weighted by atomic mass is 9.66. The van der Waals surface area contributed by atoms with Crippen LogP contribution in [-0.2, 0) is 24.8 Å². The smallest absolute Gasteiger partial charge is 0.0500 e. The molecule has 0 saturated carbocycles. The Kier molecular flexibility index (Phi) is 13.0. The van der Waals surface area contributed by atoms with E-state index in [1.165, 1.54) is 123 Å². The molecular formula is C71H75N3. The molecule has 374 valence electrons. The molecule has 74 heavy (non-hydrogen) atoms. The summed E-state index contributed by atoms with van der Waals surface area (Å²) < 4.78 is 5.12. The quantitative estimate of drug-likeness (QED) is 0.137. The van der Waals surface area contributed by atoms with E-state index < -0.39 is 0 Å². The maximum absolute atomic E-state index is 4.04. The first-order chi connectivity index (χ1) is 36.0. The van der Waals surface area contributed by atoms with Gasteiger partial charge in [-0.25, -0.2) is 0 Å². The molecule has 1 unspecified atom stereocenters. The normalized spacial score (nSPS) is 21.1. The summed E-state index contributed by atoms with van der Waals surface area (Å²) in [5.41, 5.74) is 30.2. The standard InChI is InChI=1S/C71H75N3/c1-11-16-27-53-47(6)51(26-13-3)46-73(63(53)14-4)68-40-35-49(45-72-65-32-22-19-21-29-57(65)58-30-24-25-33-66(58)72)41-60-59-43-62-55(38-36-50(59)44-70(8,9)69(60)68)56-39-37-52(42-61(56)71(62,10)15-5)74-64(31-17-12-2)48(7)54-28-20-18-23-34-67(54)74/h12-13,16-27,29-31,33-35,37-39,41-43H,2,11,14-15,28,32,36,40,44-46H2,1,3-10H3/b26-13-,27-16-,31-17-. The second kappa shape index (κ2) is 19.6. The maximum atomic E-state index is 4.04. The van der Waals surface area contributed by atoms with E-state index in [1.807, 2.05) is 6.08 Å². The van der Waals surface area contributed by atoms with Crippen molar-refractivity contribution in [3.8, 4) is 5.69 Å². The van der Waals surface area contributed by atoms with Crippen LogP contribution in [0, 0.1) is 12.3 Å². The van der Waals surface area contributed by atoms with Crippen LogP contribution in [0.3, 0.4) is 0 Å². The molecule has 1 atom stereocenters. The molecule has 0 spiro atoms. The molecule has 0 amide bonds. The molecule has 7 aliphatic rings. The van der Waals surface area contributed by atoms with Gasteiger partial charge in [0.1, 0.15) is 0 Å². The number of rotatable bonds is 11. The van der Waals surface area contributed by atoms with Crippen LogP contribution in [0.5, 0.6) is 0 Å². The molecule has 6 aliphatic carbocycles. The largest absolute Gasteiger partial charge is 0.343 e. The Hall–Kier alpha value is -7.10. The van der Waals surface area contributed by atoms with Gasteiger partial charge in [0.25, 0.3) is 0 Å². The summed E-state index contributed by atoms with van der Waals surface area (Å²) in [5, 5.41) is 1.33. The lowest BCUT2D eigenvalue weighted by Gasteiger charge is -2.43. The van der Waals surface area contributed by atoms with E-state index in [4.69, 9.17) is 0 Å². The van der Waals surface area contributed by atoms with Crippen molar-refractivity contribution >= 4 is 34.7 Å². The molecule has 2 aromatic carbocycles. The number of para-hydroxylation sites is 1. The third-order valence-corrected chi connectivity index (χ3v) is 17.6. The first kappa shape index (κ1) is 49.1. The Morgan fingerprint density at radius 2 is 1.64 bits per heavy atom. The minimum Gasteiger partial charge on any atom is -0.343 e. The number of aromatic nitrogens is 2. The van der Waals surface area contributed by atoms with Crippen LogP contribution in [0.2, 0.25) is 0 Å². The number of allylic oxidation sites excluding steroid dienone is 25. The van der Waals surface area contributed by atoms with Crippen LogP contribution in [0.1, 0.15) is 139 Å². The minimum atomic E-state index is -0.200. The van der Waals surface area contributed by atoms with E-state index in [2.05, 4.69) is 235 Å². The fraction of sp³-hybridized carbons (Fsp3) is 0.296. The fourth-order valence-electron chi connectivity index (χ4n) is 13.8. The molecule has 0 fully saturated rings. The van der Waals surface area contributed by atoms with Crippen molar-refractivity contribution in [2.45, 2.75) is 126 Å². The third-order valence-electron chi connectivity index (χ3n) is 17.6. The van der Waals surface area contributed by atoms with Gasteiger partial charge in [0.05, 0.1) is 0 Å². The zero-order valence-corrected chi connectivity index (χ0v) is 45.6. The molecule has 3 heterocycles. The molecule has 3 heteroatoms. The van der Waals surface area contributed by atoms with Gasteiger partial charge in [-0.1, -0.05) is 169 Å². The van der Waals surface area contributed by atoms with Gasteiger partial charge in [-0.3, -0.25) is 0 Å². The van der Waals surface area contributed by atoms with Crippen LogP contribution in [-0.4, -0.2) is 20.6 Å². The van der Waals surface area contributed by atoms with Gasteiger partial charge >= 0.3 is 0 Å². The predicted molar refractivity (Wildman–Crippen MR) is 318 cm³/mol. The molecule has 3 nitrogen and oxygen atoms in total. The second-order valence-electron chi connectivity index (χ2n) is 22.2. The predicted octanol–water partition coefficient (Wildman–Crippen LogP) is 18.4. The van der Waals surface area contributed by atoms with Gasteiger partial charge in [0.15, 0.2) is 0 Å². The topological polar surface area (TPSA) is 13.1 Å². The monoisotopic (exact) mass is 970 g/mol. The summed E-state index contributed by atoms with van der Waals surface area (Å²) in [6.07, 6.45) is 51.8. The summed E-state index contributed by atoms with van der Waals surface area (Å²) in [7, 11) is 0. The van der Waals surface area contributed by atoms with Gasteiger partial charge in [-0.05, 0) is 180 Å². The van der Waals surface area contributed by atoms with Crippen molar-refractivity contribution < 1.29 is 0 Å². The Morgan fingerprint density at radius 3 is 2.42 bits per heavy atom. The maximum Gasteiger partial charge on any atom is 0.0500 e. The summed E-state index contributed by atoms with van der Waals surface area (Å²) in [6, 6.07) is 16.4. The second-order valence-corrected chi connectivity index (χ2v) is 22.2. The van der Waals surface area contributed by atoms with Crippen molar-refractivity contribution in [2.75, 3.05) is 6.54 Å². The Bertz CT molecular complexity index is 3540. The lowest BCUT2D eigenvalue weighted by molar-refractivity contribution is 0.378. The molecule has 0 bridgehead atoms. The van der Waals surface area contributed by atoms with E-state index in [1.54, 1.807) is 5.57 Å². The van der Waals surface area contributed by atoms with Gasteiger partial charge in [0.2, 0.25) is 0 Å². The molecule has 2 aromatic heterocycles. The highest BCUT2D eigenvalue weighted by atomic mass is 15.2. The number of nitrogens with zero attached hydrogens (tertiary/aromatic N) is 3. The van der Waals surface area contributed by atoms with E-state index in [-0.39, 0.29) is 10.8 Å². The molecule has 1 aliphatic heterocycles. The average molecular weight is 970 g/mol. The minimum absolute atomic E-state index is 0.114. The fourth-order valence-corrected chi connectivity index (χ4v) is 13.8. The van der Waals surface area contributed by atoms with Crippen LogP contribution in [0.15, 0.2) is 208 Å². The summed E-state index contributed by atoms with van der Waals surface area (Å²) >= 11 is 0. The van der Waals surface area contributed by atoms with Gasteiger partial charge in [0, 0.05) is 82.0 Å². The SMILES string of the molecule is C=C/C=C\c1c(C)c2c(n1-c1ccc3c(c1)C(C)(CC)C1=CC4=C(CC=C13)CC(C)(C)C1=C(N3CC(/C=C\C)=C(C)C(/C=C\CC)=C3CC)CC=C(Cn3c5c(c6ccccc63)C=CC=CC5)C=C41)C=CC=CC2. The Balaban J connectivity index is 1.11. The van der Waals surface area contributed by atoms with E-state index >= 15 is 0 Å². The van der Waals surface area contributed by atoms with Gasteiger partial charge in [-0.15, -0.1) is 0 Å². The summed E-state index contributed by atoms with van der Waals surface area (Å²) in [6.45, 7) is 27.2. The van der Waals surface area contributed by atoms with Crippen molar-refractivity contribution in [2.24, 2.45) is 5.41 Å². The van der Waals surface area contributed by atoms with Crippen LogP contribution in [0.4, 0.5) is 0 Å². The number of fused-ring (bicyclic) bond motifs is 9. The number of hydrogen-bond donors (Lipinski definition) is 0. The Morgan fingerprint density at radius 1 is 0.824 bits per heavy atom. The zero-order chi connectivity index (χ0) is 51.5. The molecule has 0 saturated heterocycles. The molecule has 4 aromatic rings. The van der Waals surface area contributed by atoms with Crippen molar-refractivity contribution in [1.29, 1.82) is 0 Å². The third kappa shape index (κ3) is 8.01. The Labute approximate surface area is 442 Å². The van der Waals surface area contributed by atoms with Gasteiger partial charge in [-0.2, -0.15) is 0 Å². The van der Waals surface area contributed by atoms with Crippen LogP contribution >= 0.6 is 0 Å². The molecule has 11 rings (SSSR count). The van der Waals surface area contributed by atoms with Gasteiger partial charge < -0.3 is 14.0 Å². The summed E-state index contributed by atoms with van der Waals surface area (Å²) in [5.74, 6) is 0. The number of hydrogen-bond acceptors (Lipinski definition) is 1. The highest BCUT2D eigenvalue weighted by molar-refractivity contribution is 5.93. The molecule has 0 N–H and O–H groups in total. The number of benzene rings is 2. The van der Waals surface area contributed by atoms with Crippen molar-refractivity contribution in [3.63, 3.8) is 0 Å². The molecular weight excluding hydrogens is 895 g/mol. The van der Waals surface area contributed by atoms with Crippen molar-refractivity contribution in [3.05, 3.63) is 253 Å². The molecule has 0 radical (unpaired) electrons. The van der Waals surface area contributed by atoms with E-state index in [0.717, 1.165) is 64.5 Å². The van der Waals surface area contributed by atoms with Crippen LogP contribution < -0.4 is 0 Å². The van der Waals surface area contributed by atoms with Crippen LogP contribution in [0.25, 0.3) is 40.4 Å². The highest BCUT2D eigenvalue weighted by Gasteiger charge is 2.45. The first-order valence-electron chi connectivity index (χ1n) is 27.7. The lowest BCUT2D eigenvalue weighted by Crippen LogP contribution is -2.34. The summed E-state index contributed by atoms with van der Waals surface area (Å²) in [4.78, 5) is 2.77. The van der Waals surface area contributed by atoms with E-state index in [0.29, 0.717) is 0 Å². The van der Waals surface area contributed by atoms with Crippen molar-refractivity contribution in [1.82, 2.24) is 14.0 Å². The average Bonchev–Trinajstić information content (AvgIpc) is 3.63. The first-order valence-corrected chi connectivity index (χ1v) is 27.7. The highest BCUT2D eigenvalue weighted by Crippen LogP contribution is 2.58.